The van der Waals surface area contributed by atoms with Gasteiger partial charge in [-0.25, -0.2) is 0 Å². The topological polar surface area (TPSA) is 78.4 Å². The van der Waals surface area contributed by atoms with Crippen molar-refractivity contribution in [3.63, 3.8) is 0 Å². The second-order valence-corrected chi connectivity index (χ2v) is 7.66. The van der Waals surface area contributed by atoms with Crippen LogP contribution >= 0.6 is 11.3 Å². The molecule has 0 bridgehead atoms. The van der Waals surface area contributed by atoms with Crippen LogP contribution in [0.1, 0.15) is 58.6 Å². The zero-order valence-electron chi connectivity index (χ0n) is 13.3. The maximum atomic E-state index is 12.2. The molecule has 0 aromatic carbocycles. The number of aliphatic hydroxyl groups excluding tert-OH is 1. The molecule has 5 nitrogen and oxygen atoms in total. The summed E-state index contributed by atoms with van der Waals surface area (Å²) in [5.41, 5.74) is 1.30. The molecule has 1 aromatic heterocycles. The lowest BCUT2D eigenvalue weighted by molar-refractivity contribution is -0.121. The number of thiophene rings is 1. The van der Waals surface area contributed by atoms with E-state index in [4.69, 9.17) is 0 Å². The molecule has 126 valence electrons. The Bertz CT molecular complexity index is 553. The molecule has 3 rings (SSSR count). The Morgan fingerprint density at radius 3 is 2.65 bits per heavy atom. The van der Waals surface area contributed by atoms with Crippen molar-refractivity contribution in [2.24, 2.45) is 0 Å². The average Bonchev–Trinajstić information content (AvgIpc) is 2.99. The van der Waals surface area contributed by atoms with Crippen LogP contribution in [0.5, 0.6) is 0 Å². The molecule has 2 amide bonds. The molecular formula is C17H24N2O3S. The van der Waals surface area contributed by atoms with Gasteiger partial charge in [0.05, 0.1) is 17.5 Å². The smallest absolute Gasteiger partial charge is 0.261 e. The van der Waals surface area contributed by atoms with Crippen molar-refractivity contribution in [1.29, 1.82) is 0 Å². The minimum atomic E-state index is -0.229. The number of hydrogen-bond donors (Lipinski definition) is 3. The zero-order chi connectivity index (χ0) is 16.2. The van der Waals surface area contributed by atoms with Gasteiger partial charge in [0.2, 0.25) is 5.91 Å². The fourth-order valence-electron chi connectivity index (χ4n) is 3.35. The first-order chi connectivity index (χ1) is 11.1. The van der Waals surface area contributed by atoms with Crippen molar-refractivity contribution in [3.05, 3.63) is 21.4 Å². The van der Waals surface area contributed by atoms with E-state index in [0.717, 1.165) is 38.5 Å². The molecule has 1 aromatic rings. The highest BCUT2D eigenvalue weighted by atomic mass is 32.1. The maximum absolute atomic E-state index is 12.2. The van der Waals surface area contributed by atoms with E-state index in [0.29, 0.717) is 4.88 Å². The summed E-state index contributed by atoms with van der Waals surface area (Å²) in [7, 11) is 0. The lowest BCUT2D eigenvalue weighted by Gasteiger charge is -2.26. The molecule has 0 aliphatic heterocycles. The van der Waals surface area contributed by atoms with Gasteiger partial charge in [-0.2, -0.15) is 0 Å². The number of carbonyl (C=O) groups excluding carboxylic acids is 2. The Hall–Kier alpha value is -1.40. The van der Waals surface area contributed by atoms with E-state index in [1.165, 1.54) is 23.3 Å². The Labute approximate surface area is 140 Å². The molecule has 1 saturated carbocycles. The fourth-order valence-corrected chi connectivity index (χ4v) is 4.52. The van der Waals surface area contributed by atoms with Crippen LogP contribution in [-0.4, -0.2) is 35.6 Å². The molecule has 1 fully saturated rings. The van der Waals surface area contributed by atoms with Gasteiger partial charge in [-0.1, -0.05) is 0 Å². The molecule has 2 aliphatic rings. The first-order valence-electron chi connectivity index (χ1n) is 8.49. The van der Waals surface area contributed by atoms with Gasteiger partial charge in [-0.3, -0.25) is 9.59 Å². The van der Waals surface area contributed by atoms with Crippen LogP contribution in [0.15, 0.2) is 6.07 Å². The number of carbonyl (C=O) groups is 2. The average molecular weight is 336 g/mol. The molecule has 0 saturated heterocycles. The van der Waals surface area contributed by atoms with E-state index in [9.17, 15) is 14.7 Å². The quantitative estimate of drug-likeness (QED) is 0.784. The molecule has 3 N–H and O–H groups in total. The van der Waals surface area contributed by atoms with Gasteiger partial charge >= 0.3 is 0 Å². The number of amides is 2. The Morgan fingerprint density at radius 1 is 1.17 bits per heavy atom. The lowest BCUT2D eigenvalue weighted by Crippen LogP contribution is -2.43. The molecule has 0 unspecified atom stereocenters. The van der Waals surface area contributed by atoms with Gasteiger partial charge in [-0.05, 0) is 63.0 Å². The summed E-state index contributed by atoms with van der Waals surface area (Å²) in [4.78, 5) is 26.2. The molecule has 6 heteroatoms. The van der Waals surface area contributed by atoms with Crippen LogP contribution in [-0.2, 0) is 17.6 Å². The van der Waals surface area contributed by atoms with Gasteiger partial charge in [-0.15, -0.1) is 11.3 Å². The predicted molar refractivity (Wildman–Crippen MR) is 89.7 cm³/mol. The molecule has 1 heterocycles. The Morgan fingerprint density at radius 2 is 1.91 bits per heavy atom. The summed E-state index contributed by atoms with van der Waals surface area (Å²) in [6.07, 6.45) is 7.38. The normalized spacial score (nSPS) is 23.9. The number of aliphatic hydroxyl groups is 1. The highest BCUT2D eigenvalue weighted by Crippen LogP contribution is 2.29. The molecule has 0 spiro atoms. The molecule has 23 heavy (non-hydrogen) atoms. The third-order valence-corrected chi connectivity index (χ3v) is 5.93. The van der Waals surface area contributed by atoms with Crippen LogP contribution in [0.4, 0.5) is 0 Å². The summed E-state index contributed by atoms with van der Waals surface area (Å²) >= 11 is 1.56. The number of fused-ring (bicyclic) bond motifs is 1. The van der Waals surface area contributed by atoms with Gasteiger partial charge < -0.3 is 15.7 Å². The van der Waals surface area contributed by atoms with E-state index in [2.05, 4.69) is 10.6 Å². The minimum absolute atomic E-state index is 0.0143. The third kappa shape index (κ3) is 4.32. The highest BCUT2D eigenvalue weighted by molar-refractivity contribution is 7.14. The summed E-state index contributed by atoms with van der Waals surface area (Å²) < 4.78 is 0. The molecular weight excluding hydrogens is 312 g/mol. The SMILES string of the molecule is O=C(CNC(=O)c1cc2c(s1)CCCC2)NC1CCC(O)CC1. The zero-order valence-corrected chi connectivity index (χ0v) is 14.1. The maximum Gasteiger partial charge on any atom is 0.261 e. The monoisotopic (exact) mass is 336 g/mol. The third-order valence-electron chi connectivity index (χ3n) is 4.69. The van der Waals surface area contributed by atoms with Crippen molar-refractivity contribution in [2.75, 3.05) is 6.54 Å². The van der Waals surface area contributed by atoms with Crippen molar-refractivity contribution in [2.45, 2.75) is 63.5 Å². The fraction of sp³-hybridized carbons (Fsp3) is 0.647. The first-order valence-corrected chi connectivity index (χ1v) is 9.30. The Kier molecular flexibility index (Phi) is 5.33. The predicted octanol–water partition coefficient (Wildman–Crippen LogP) is 1.78. The summed E-state index contributed by atoms with van der Waals surface area (Å²) in [5.74, 6) is -0.306. The summed E-state index contributed by atoms with van der Waals surface area (Å²) in [5, 5.41) is 15.1. The van der Waals surface area contributed by atoms with Crippen molar-refractivity contribution in [1.82, 2.24) is 10.6 Å². The van der Waals surface area contributed by atoms with Gasteiger partial charge in [0, 0.05) is 10.9 Å². The van der Waals surface area contributed by atoms with Crippen LogP contribution in [0.2, 0.25) is 0 Å². The van der Waals surface area contributed by atoms with Crippen LogP contribution in [0.3, 0.4) is 0 Å². The van der Waals surface area contributed by atoms with Crippen LogP contribution in [0, 0.1) is 0 Å². The van der Waals surface area contributed by atoms with Gasteiger partial charge in [0.25, 0.3) is 5.91 Å². The first kappa shape index (κ1) is 16.5. The number of rotatable bonds is 4. The minimum Gasteiger partial charge on any atom is -0.393 e. The van der Waals surface area contributed by atoms with Crippen LogP contribution < -0.4 is 10.6 Å². The standard InChI is InChI=1S/C17H24N2O3S/c20-13-7-5-12(6-8-13)19-16(21)10-18-17(22)15-9-11-3-1-2-4-14(11)23-15/h9,12-13,20H,1-8,10H2,(H,18,22)(H,19,21). The van der Waals surface area contributed by atoms with E-state index in [1.54, 1.807) is 11.3 Å². The number of nitrogens with one attached hydrogen (secondary N) is 2. The highest BCUT2D eigenvalue weighted by Gasteiger charge is 2.21. The van der Waals surface area contributed by atoms with Crippen molar-refractivity contribution < 1.29 is 14.7 Å². The lowest BCUT2D eigenvalue weighted by atomic mass is 9.93. The second kappa shape index (κ2) is 7.45. The Balaban J connectivity index is 1.45. The van der Waals surface area contributed by atoms with Gasteiger partial charge in [0.15, 0.2) is 0 Å². The van der Waals surface area contributed by atoms with Crippen molar-refractivity contribution in [3.8, 4) is 0 Å². The van der Waals surface area contributed by atoms with E-state index in [-0.39, 0.29) is 30.5 Å². The van der Waals surface area contributed by atoms with E-state index in [1.807, 2.05) is 6.07 Å². The number of aryl methyl sites for hydroxylation is 2. The van der Waals surface area contributed by atoms with Crippen molar-refractivity contribution >= 4 is 23.2 Å². The summed E-state index contributed by atoms with van der Waals surface area (Å²) in [6, 6.07) is 2.10. The van der Waals surface area contributed by atoms with Gasteiger partial charge in [0.1, 0.15) is 0 Å². The van der Waals surface area contributed by atoms with E-state index < -0.39 is 0 Å². The molecule has 2 aliphatic carbocycles. The molecule has 0 radical (unpaired) electrons. The van der Waals surface area contributed by atoms with Crippen LogP contribution in [0.25, 0.3) is 0 Å². The second-order valence-electron chi connectivity index (χ2n) is 6.52. The summed E-state index contributed by atoms with van der Waals surface area (Å²) in [6.45, 7) is 0.0143. The number of hydrogen-bond acceptors (Lipinski definition) is 4. The largest absolute Gasteiger partial charge is 0.393 e. The molecule has 0 atom stereocenters. The van der Waals surface area contributed by atoms with E-state index >= 15 is 0 Å².